The molecule has 104 valence electrons. The first-order valence-corrected chi connectivity index (χ1v) is 6.31. The molecule has 2 atom stereocenters. The van der Waals surface area contributed by atoms with Crippen LogP contribution in [0.5, 0.6) is 5.75 Å². The van der Waals surface area contributed by atoms with Gasteiger partial charge in [0, 0.05) is 6.61 Å². The summed E-state index contributed by atoms with van der Waals surface area (Å²) in [5, 5.41) is 9.67. The summed E-state index contributed by atoms with van der Waals surface area (Å²) in [6.07, 6.45) is 0.804. The van der Waals surface area contributed by atoms with Crippen molar-refractivity contribution in [1.29, 1.82) is 0 Å². The maximum absolute atomic E-state index is 11.2. The van der Waals surface area contributed by atoms with Gasteiger partial charge in [-0.3, -0.25) is 0 Å². The summed E-state index contributed by atoms with van der Waals surface area (Å²) in [7, 11) is 1.24. The Morgan fingerprint density at radius 3 is 2.74 bits per heavy atom. The molecule has 19 heavy (non-hydrogen) atoms. The van der Waals surface area contributed by atoms with Gasteiger partial charge in [0.15, 0.2) is 6.10 Å². The zero-order chi connectivity index (χ0) is 13.7. The molecule has 5 heteroatoms. The SMILES string of the molecule is COC(=O)C(O)c1ccc(OC2CCCOC2)cc1. The van der Waals surface area contributed by atoms with E-state index < -0.39 is 12.1 Å². The zero-order valence-electron chi connectivity index (χ0n) is 10.9. The average molecular weight is 266 g/mol. The highest BCUT2D eigenvalue weighted by Crippen LogP contribution is 2.21. The molecule has 0 radical (unpaired) electrons. The molecular weight excluding hydrogens is 248 g/mol. The molecule has 1 aliphatic heterocycles. The van der Waals surface area contributed by atoms with E-state index in [1.165, 1.54) is 7.11 Å². The summed E-state index contributed by atoms with van der Waals surface area (Å²) in [5.74, 6) is 0.0330. The summed E-state index contributed by atoms with van der Waals surface area (Å²) >= 11 is 0. The van der Waals surface area contributed by atoms with Gasteiger partial charge in [-0.15, -0.1) is 0 Å². The lowest BCUT2D eigenvalue weighted by Gasteiger charge is -2.23. The molecule has 1 N–H and O–H groups in total. The minimum atomic E-state index is -1.25. The lowest BCUT2D eigenvalue weighted by molar-refractivity contribution is -0.150. The van der Waals surface area contributed by atoms with Crippen molar-refractivity contribution >= 4 is 5.97 Å². The van der Waals surface area contributed by atoms with Crippen LogP contribution in [0.15, 0.2) is 24.3 Å². The van der Waals surface area contributed by atoms with Gasteiger partial charge in [-0.25, -0.2) is 4.79 Å². The summed E-state index contributed by atoms with van der Waals surface area (Å²) in [6, 6.07) is 6.77. The largest absolute Gasteiger partial charge is 0.488 e. The number of ether oxygens (including phenoxy) is 3. The van der Waals surface area contributed by atoms with Gasteiger partial charge in [0.25, 0.3) is 0 Å². The van der Waals surface area contributed by atoms with Crippen molar-refractivity contribution in [3.05, 3.63) is 29.8 Å². The molecule has 1 aromatic rings. The molecule has 0 saturated carbocycles. The third kappa shape index (κ3) is 3.68. The number of hydrogen-bond acceptors (Lipinski definition) is 5. The van der Waals surface area contributed by atoms with Crippen LogP contribution in [0.2, 0.25) is 0 Å². The Labute approximate surface area is 112 Å². The molecule has 0 aliphatic carbocycles. The number of esters is 1. The van der Waals surface area contributed by atoms with Crippen molar-refractivity contribution < 1.29 is 24.1 Å². The van der Waals surface area contributed by atoms with Crippen molar-refractivity contribution in [3.8, 4) is 5.75 Å². The van der Waals surface area contributed by atoms with E-state index in [-0.39, 0.29) is 6.10 Å². The smallest absolute Gasteiger partial charge is 0.339 e. The Morgan fingerprint density at radius 2 is 2.16 bits per heavy atom. The molecule has 1 heterocycles. The number of methoxy groups -OCH3 is 1. The molecule has 0 bridgehead atoms. The first-order chi connectivity index (χ1) is 9.20. The van der Waals surface area contributed by atoms with Crippen LogP contribution in [0.25, 0.3) is 0 Å². The number of carbonyl (C=O) groups is 1. The topological polar surface area (TPSA) is 65.0 Å². The van der Waals surface area contributed by atoms with E-state index in [0.29, 0.717) is 17.9 Å². The monoisotopic (exact) mass is 266 g/mol. The Hall–Kier alpha value is -1.59. The molecule has 1 aliphatic rings. The minimum Gasteiger partial charge on any atom is -0.488 e. The lowest BCUT2D eigenvalue weighted by Crippen LogP contribution is -2.27. The molecule has 2 unspecified atom stereocenters. The lowest BCUT2D eigenvalue weighted by atomic mass is 10.1. The van der Waals surface area contributed by atoms with Crippen LogP contribution in [0.1, 0.15) is 24.5 Å². The molecule has 1 fully saturated rings. The van der Waals surface area contributed by atoms with E-state index >= 15 is 0 Å². The van der Waals surface area contributed by atoms with Gasteiger partial charge in [0.1, 0.15) is 11.9 Å². The first-order valence-electron chi connectivity index (χ1n) is 6.31. The van der Waals surface area contributed by atoms with Crippen LogP contribution in [0.3, 0.4) is 0 Å². The van der Waals surface area contributed by atoms with E-state index in [9.17, 15) is 9.90 Å². The molecule has 1 aromatic carbocycles. The third-order valence-electron chi connectivity index (χ3n) is 3.04. The van der Waals surface area contributed by atoms with Crippen molar-refractivity contribution in [3.63, 3.8) is 0 Å². The first kappa shape index (κ1) is 13.8. The standard InChI is InChI=1S/C14H18O5/c1-17-14(16)13(15)10-4-6-11(7-5-10)19-12-3-2-8-18-9-12/h4-7,12-13,15H,2-3,8-9H2,1H3. The maximum Gasteiger partial charge on any atom is 0.339 e. The summed E-state index contributed by atoms with van der Waals surface area (Å²) < 4.78 is 15.6. The number of benzene rings is 1. The molecule has 0 aromatic heterocycles. The van der Waals surface area contributed by atoms with Gasteiger partial charge in [0.2, 0.25) is 0 Å². The summed E-state index contributed by atoms with van der Waals surface area (Å²) in [5.41, 5.74) is 0.485. The Bertz CT molecular complexity index is 408. The van der Waals surface area contributed by atoms with E-state index in [1.54, 1.807) is 24.3 Å². The number of hydrogen-bond donors (Lipinski definition) is 1. The van der Waals surface area contributed by atoms with Gasteiger partial charge in [-0.1, -0.05) is 12.1 Å². The van der Waals surface area contributed by atoms with E-state index in [4.69, 9.17) is 9.47 Å². The second-order valence-corrected chi connectivity index (χ2v) is 4.45. The zero-order valence-corrected chi connectivity index (χ0v) is 10.9. The van der Waals surface area contributed by atoms with Crippen LogP contribution in [-0.4, -0.2) is 37.5 Å². The van der Waals surface area contributed by atoms with E-state index in [2.05, 4.69) is 4.74 Å². The van der Waals surface area contributed by atoms with Gasteiger partial charge in [-0.2, -0.15) is 0 Å². The van der Waals surface area contributed by atoms with Gasteiger partial charge in [-0.05, 0) is 30.5 Å². The maximum atomic E-state index is 11.2. The fourth-order valence-electron chi connectivity index (χ4n) is 1.97. The Morgan fingerprint density at radius 1 is 1.42 bits per heavy atom. The van der Waals surface area contributed by atoms with E-state index in [0.717, 1.165) is 19.4 Å². The van der Waals surface area contributed by atoms with Crippen LogP contribution >= 0.6 is 0 Å². The number of carbonyl (C=O) groups excluding carboxylic acids is 1. The van der Waals surface area contributed by atoms with Crippen LogP contribution in [0.4, 0.5) is 0 Å². The predicted molar refractivity (Wildman–Crippen MR) is 67.9 cm³/mol. The highest BCUT2D eigenvalue weighted by atomic mass is 16.5. The van der Waals surface area contributed by atoms with Gasteiger partial charge < -0.3 is 19.3 Å². The Kier molecular flexibility index (Phi) is 4.76. The fourth-order valence-corrected chi connectivity index (χ4v) is 1.97. The van der Waals surface area contributed by atoms with Crippen LogP contribution < -0.4 is 4.74 Å². The van der Waals surface area contributed by atoms with E-state index in [1.807, 2.05) is 0 Å². The summed E-state index contributed by atoms with van der Waals surface area (Å²) in [6.45, 7) is 1.40. The van der Waals surface area contributed by atoms with Crippen LogP contribution in [0, 0.1) is 0 Å². The van der Waals surface area contributed by atoms with Crippen LogP contribution in [-0.2, 0) is 14.3 Å². The van der Waals surface area contributed by atoms with Crippen molar-refractivity contribution in [1.82, 2.24) is 0 Å². The fraction of sp³-hybridized carbons (Fsp3) is 0.500. The predicted octanol–water partition coefficient (Wildman–Crippen LogP) is 1.45. The van der Waals surface area contributed by atoms with Crippen molar-refractivity contribution in [2.45, 2.75) is 25.0 Å². The number of aliphatic hydroxyl groups excluding tert-OH is 1. The van der Waals surface area contributed by atoms with Gasteiger partial charge >= 0.3 is 5.97 Å². The highest BCUT2D eigenvalue weighted by Gasteiger charge is 2.18. The molecule has 5 nitrogen and oxygen atoms in total. The second kappa shape index (κ2) is 6.54. The molecule has 2 rings (SSSR count). The number of rotatable bonds is 4. The highest BCUT2D eigenvalue weighted by molar-refractivity contribution is 5.76. The average Bonchev–Trinajstić information content (AvgIpc) is 2.47. The molecule has 0 amide bonds. The van der Waals surface area contributed by atoms with Crippen molar-refractivity contribution in [2.24, 2.45) is 0 Å². The normalized spacial score (nSPS) is 20.6. The quantitative estimate of drug-likeness (QED) is 0.836. The van der Waals surface area contributed by atoms with Crippen molar-refractivity contribution in [2.75, 3.05) is 20.3 Å². The Balaban J connectivity index is 1.95. The number of aliphatic hydroxyl groups is 1. The summed E-state index contributed by atoms with van der Waals surface area (Å²) in [4.78, 5) is 11.2. The molecular formula is C14H18O5. The minimum absolute atomic E-state index is 0.0742. The third-order valence-corrected chi connectivity index (χ3v) is 3.04. The molecule has 0 spiro atoms. The molecule has 1 saturated heterocycles. The van der Waals surface area contributed by atoms with Gasteiger partial charge in [0.05, 0.1) is 13.7 Å². The second-order valence-electron chi connectivity index (χ2n) is 4.45.